The highest BCUT2D eigenvalue weighted by atomic mass is 16.1. The summed E-state index contributed by atoms with van der Waals surface area (Å²) in [6, 6.07) is 23.5. The Balaban J connectivity index is 1.72. The van der Waals surface area contributed by atoms with Gasteiger partial charge in [0.25, 0.3) is 0 Å². The van der Waals surface area contributed by atoms with Gasteiger partial charge in [-0.05, 0) is 38.1 Å². The molecule has 0 spiro atoms. The molecule has 0 aliphatic heterocycles. The quantitative estimate of drug-likeness (QED) is 0.542. The Bertz CT molecular complexity index is 1100. The van der Waals surface area contributed by atoms with Gasteiger partial charge in [0.1, 0.15) is 0 Å². The van der Waals surface area contributed by atoms with Gasteiger partial charge in [-0.15, -0.1) is 0 Å². The monoisotopic (exact) mass is 424 g/mol. The average Bonchev–Trinajstić information content (AvgIpc) is 2.80. The molecule has 32 heavy (non-hydrogen) atoms. The van der Waals surface area contributed by atoms with E-state index >= 15 is 0 Å². The van der Waals surface area contributed by atoms with E-state index in [4.69, 9.17) is 0 Å². The van der Waals surface area contributed by atoms with Gasteiger partial charge in [0.2, 0.25) is 0 Å². The van der Waals surface area contributed by atoms with Gasteiger partial charge in [0, 0.05) is 60.8 Å². The lowest BCUT2D eigenvalue weighted by atomic mass is 9.83. The number of ketones is 2. The van der Waals surface area contributed by atoms with Gasteiger partial charge >= 0.3 is 0 Å². The van der Waals surface area contributed by atoms with E-state index in [0.717, 1.165) is 11.4 Å². The fourth-order valence-corrected chi connectivity index (χ4v) is 4.07. The van der Waals surface area contributed by atoms with Crippen LogP contribution in [0.1, 0.15) is 31.8 Å². The van der Waals surface area contributed by atoms with Crippen LogP contribution in [0.5, 0.6) is 0 Å². The average molecular weight is 425 g/mol. The van der Waals surface area contributed by atoms with Gasteiger partial charge in [-0.3, -0.25) is 9.59 Å². The molecule has 0 heterocycles. The molecular formula is C28H28N2O2. The first-order chi connectivity index (χ1) is 15.3. The first-order valence-electron chi connectivity index (χ1n) is 10.8. The lowest BCUT2D eigenvalue weighted by Crippen LogP contribution is -2.34. The highest BCUT2D eigenvalue weighted by molar-refractivity contribution is 6.27. The number of carbonyl (C=O) groups is 2. The number of aryl methyl sites for hydroxylation is 2. The molecule has 0 fully saturated rings. The Hall–Kier alpha value is -3.66. The van der Waals surface area contributed by atoms with Gasteiger partial charge in [-0.2, -0.15) is 0 Å². The Morgan fingerprint density at radius 3 is 1.25 bits per heavy atom. The molecule has 0 radical (unpaired) electrons. The molecule has 1 aliphatic carbocycles. The maximum absolute atomic E-state index is 13.5. The van der Waals surface area contributed by atoms with Crippen LogP contribution in [0.4, 0.5) is 11.4 Å². The lowest BCUT2D eigenvalue weighted by Gasteiger charge is -2.29. The third-order valence-electron chi connectivity index (χ3n) is 6.07. The van der Waals surface area contributed by atoms with Crippen LogP contribution in [0.2, 0.25) is 0 Å². The van der Waals surface area contributed by atoms with E-state index in [2.05, 4.69) is 24.3 Å². The molecule has 3 aromatic rings. The standard InChI is InChI=1S/C28H28N2O2/c1-19-9-13-21(14-10-19)29(3)17-25-26(18-30(4)22-15-11-20(2)12-16-22)28(32)24-8-6-5-7-23(24)27(25)31/h5-16H,17-18H2,1-4H3. The SMILES string of the molecule is Cc1ccc(N(C)CC2=C(CN(C)c3ccc(C)cc3)C(=O)c3ccccc3C2=O)cc1. The third kappa shape index (κ3) is 4.22. The highest BCUT2D eigenvalue weighted by Gasteiger charge is 2.32. The summed E-state index contributed by atoms with van der Waals surface area (Å²) >= 11 is 0. The Morgan fingerprint density at radius 2 is 0.906 bits per heavy atom. The van der Waals surface area contributed by atoms with Crippen LogP contribution in [0, 0.1) is 13.8 Å². The zero-order valence-electron chi connectivity index (χ0n) is 19.1. The van der Waals surface area contributed by atoms with Crippen LogP contribution in [-0.4, -0.2) is 38.8 Å². The second-order valence-corrected chi connectivity index (χ2v) is 8.54. The molecule has 4 heteroatoms. The van der Waals surface area contributed by atoms with Gasteiger partial charge in [0.15, 0.2) is 11.6 Å². The first kappa shape index (κ1) is 21.6. The minimum Gasteiger partial charge on any atom is -0.370 e. The number of carbonyl (C=O) groups excluding carboxylic acids is 2. The summed E-state index contributed by atoms with van der Waals surface area (Å²) < 4.78 is 0. The van der Waals surface area contributed by atoms with Gasteiger partial charge in [0.05, 0.1) is 0 Å². The molecule has 0 aromatic heterocycles. The van der Waals surface area contributed by atoms with Crippen LogP contribution in [0.25, 0.3) is 0 Å². The number of rotatable bonds is 6. The zero-order chi connectivity index (χ0) is 22.8. The number of benzene rings is 3. The second-order valence-electron chi connectivity index (χ2n) is 8.54. The maximum atomic E-state index is 13.5. The normalized spacial score (nSPS) is 13.2. The molecule has 0 atom stereocenters. The van der Waals surface area contributed by atoms with Crippen molar-refractivity contribution < 1.29 is 9.59 Å². The summed E-state index contributed by atoms with van der Waals surface area (Å²) in [5.74, 6) is -0.127. The zero-order valence-corrected chi connectivity index (χ0v) is 19.1. The van der Waals surface area contributed by atoms with Crippen molar-refractivity contribution in [3.8, 4) is 0 Å². The van der Waals surface area contributed by atoms with E-state index in [9.17, 15) is 9.59 Å². The molecule has 0 N–H and O–H groups in total. The number of likely N-dealkylation sites (N-methyl/N-ethyl adjacent to an activating group) is 2. The van der Waals surface area contributed by atoms with E-state index in [0.29, 0.717) is 35.4 Å². The van der Waals surface area contributed by atoms with Crippen molar-refractivity contribution in [3.63, 3.8) is 0 Å². The van der Waals surface area contributed by atoms with Gasteiger partial charge in [-0.25, -0.2) is 0 Å². The molecule has 0 saturated heterocycles. The van der Waals surface area contributed by atoms with E-state index < -0.39 is 0 Å². The van der Waals surface area contributed by atoms with E-state index in [-0.39, 0.29) is 11.6 Å². The van der Waals surface area contributed by atoms with Crippen LogP contribution in [0.3, 0.4) is 0 Å². The summed E-state index contributed by atoms with van der Waals surface area (Å²) in [7, 11) is 3.91. The highest BCUT2D eigenvalue weighted by Crippen LogP contribution is 2.29. The molecule has 1 aliphatic rings. The van der Waals surface area contributed by atoms with Crippen molar-refractivity contribution in [1.29, 1.82) is 0 Å². The van der Waals surface area contributed by atoms with Crippen molar-refractivity contribution in [1.82, 2.24) is 0 Å². The number of Topliss-reactive ketones (excluding diaryl/α,β-unsaturated/α-hetero) is 2. The van der Waals surface area contributed by atoms with E-state index in [1.54, 1.807) is 12.1 Å². The molecule has 4 rings (SSSR count). The topological polar surface area (TPSA) is 40.6 Å². The molecule has 0 saturated carbocycles. The fraction of sp³-hybridized carbons (Fsp3) is 0.214. The van der Waals surface area contributed by atoms with Crippen LogP contribution in [0.15, 0.2) is 83.9 Å². The van der Waals surface area contributed by atoms with E-state index in [1.165, 1.54) is 11.1 Å². The summed E-state index contributed by atoms with van der Waals surface area (Å²) in [4.78, 5) is 31.1. The Kier molecular flexibility index (Phi) is 5.95. The van der Waals surface area contributed by atoms with Crippen molar-refractivity contribution in [2.45, 2.75) is 13.8 Å². The molecule has 0 bridgehead atoms. The molecular weight excluding hydrogens is 396 g/mol. The number of nitrogens with zero attached hydrogens (tertiary/aromatic N) is 2. The molecule has 0 unspecified atom stereocenters. The fourth-order valence-electron chi connectivity index (χ4n) is 4.07. The minimum absolute atomic E-state index is 0.0635. The summed E-state index contributed by atoms with van der Waals surface area (Å²) in [5, 5.41) is 0. The molecule has 0 amide bonds. The number of anilines is 2. The van der Waals surface area contributed by atoms with Crippen molar-refractivity contribution in [2.75, 3.05) is 37.0 Å². The van der Waals surface area contributed by atoms with Crippen molar-refractivity contribution in [2.24, 2.45) is 0 Å². The van der Waals surface area contributed by atoms with Crippen LogP contribution in [-0.2, 0) is 0 Å². The molecule has 3 aromatic carbocycles. The Morgan fingerprint density at radius 1 is 0.562 bits per heavy atom. The summed E-state index contributed by atoms with van der Waals surface area (Å²) in [6.45, 7) is 4.84. The van der Waals surface area contributed by atoms with Gasteiger partial charge < -0.3 is 9.80 Å². The lowest BCUT2D eigenvalue weighted by molar-refractivity contribution is 0.0972. The number of fused-ring (bicyclic) bond motifs is 1. The van der Waals surface area contributed by atoms with Crippen LogP contribution < -0.4 is 9.80 Å². The maximum Gasteiger partial charge on any atom is 0.192 e. The largest absolute Gasteiger partial charge is 0.370 e. The first-order valence-corrected chi connectivity index (χ1v) is 10.8. The third-order valence-corrected chi connectivity index (χ3v) is 6.07. The summed E-state index contributed by atoms with van der Waals surface area (Å²) in [6.07, 6.45) is 0. The summed E-state index contributed by atoms with van der Waals surface area (Å²) in [5.41, 5.74) is 6.49. The number of hydrogen-bond donors (Lipinski definition) is 0. The predicted molar refractivity (Wildman–Crippen MR) is 131 cm³/mol. The van der Waals surface area contributed by atoms with Crippen molar-refractivity contribution >= 4 is 22.9 Å². The second kappa shape index (κ2) is 8.83. The van der Waals surface area contributed by atoms with Gasteiger partial charge in [-0.1, -0.05) is 59.7 Å². The molecule has 162 valence electrons. The van der Waals surface area contributed by atoms with Crippen LogP contribution >= 0.6 is 0 Å². The van der Waals surface area contributed by atoms with E-state index in [1.807, 2.05) is 74.1 Å². The Labute approximate surface area is 189 Å². The molecule has 4 nitrogen and oxygen atoms in total. The smallest absolute Gasteiger partial charge is 0.192 e. The van der Waals surface area contributed by atoms with Crippen molar-refractivity contribution in [3.05, 3.63) is 106 Å². The minimum atomic E-state index is -0.0635. The predicted octanol–water partition coefficient (Wildman–Crippen LogP) is 5.25. The number of hydrogen-bond acceptors (Lipinski definition) is 4.